The zero-order valence-electron chi connectivity index (χ0n) is 9.15. The summed E-state index contributed by atoms with van der Waals surface area (Å²) in [6, 6.07) is 1.95. The molecule has 0 bridgehead atoms. The first kappa shape index (κ1) is 12.7. The average molecular weight is 243 g/mol. The highest BCUT2D eigenvalue weighted by atomic mass is 32.2. The number of nitrogens with zero attached hydrogens (tertiary/aromatic N) is 2. The van der Waals surface area contributed by atoms with Crippen molar-refractivity contribution in [3.63, 3.8) is 0 Å². The van der Waals surface area contributed by atoms with Crippen LogP contribution in [0, 0.1) is 25.2 Å². The lowest BCUT2D eigenvalue weighted by molar-refractivity contribution is 0.390. The van der Waals surface area contributed by atoms with Gasteiger partial charge in [0, 0.05) is 13.0 Å². The van der Waals surface area contributed by atoms with Gasteiger partial charge in [-0.3, -0.25) is 0 Å². The van der Waals surface area contributed by atoms with E-state index in [2.05, 4.69) is 9.88 Å². The SMILES string of the molecule is Cc1noc(C)c1S(=O)(=O)NCCCC#N. The molecule has 1 heterocycles. The monoisotopic (exact) mass is 243 g/mol. The second kappa shape index (κ2) is 5.09. The molecular weight excluding hydrogens is 230 g/mol. The normalized spacial score (nSPS) is 11.3. The summed E-state index contributed by atoms with van der Waals surface area (Å²) >= 11 is 0. The Morgan fingerprint density at radius 3 is 2.69 bits per heavy atom. The molecule has 1 aromatic heterocycles. The van der Waals surface area contributed by atoms with Gasteiger partial charge in [0.25, 0.3) is 0 Å². The third-order valence-corrected chi connectivity index (χ3v) is 3.70. The van der Waals surface area contributed by atoms with Crippen molar-refractivity contribution in [3.05, 3.63) is 11.5 Å². The lowest BCUT2D eigenvalue weighted by Gasteiger charge is -2.04. The van der Waals surface area contributed by atoms with Crippen LogP contribution in [0.15, 0.2) is 9.42 Å². The first-order valence-corrected chi connectivity index (χ1v) is 6.27. The van der Waals surface area contributed by atoms with Gasteiger partial charge in [-0.25, -0.2) is 13.1 Å². The minimum Gasteiger partial charge on any atom is -0.360 e. The largest absolute Gasteiger partial charge is 0.360 e. The molecule has 0 radical (unpaired) electrons. The topological polar surface area (TPSA) is 96.0 Å². The first-order chi connectivity index (χ1) is 7.49. The van der Waals surface area contributed by atoms with E-state index in [4.69, 9.17) is 9.78 Å². The highest BCUT2D eigenvalue weighted by molar-refractivity contribution is 7.89. The number of nitrogens with one attached hydrogen (secondary N) is 1. The molecule has 0 atom stereocenters. The summed E-state index contributed by atoms with van der Waals surface area (Å²) in [6.45, 7) is 3.35. The Kier molecular flexibility index (Phi) is 4.04. The van der Waals surface area contributed by atoms with Crippen LogP contribution in [-0.4, -0.2) is 20.1 Å². The molecule has 0 aliphatic carbocycles. The average Bonchev–Trinajstić information content (AvgIpc) is 2.54. The lowest BCUT2D eigenvalue weighted by atomic mass is 10.3. The second-order valence-electron chi connectivity index (χ2n) is 3.31. The lowest BCUT2D eigenvalue weighted by Crippen LogP contribution is -2.25. The van der Waals surface area contributed by atoms with E-state index in [1.807, 2.05) is 6.07 Å². The summed E-state index contributed by atoms with van der Waals surface area (Å²) in [7, 11) is -3.57. The van der Waals surface area contributed by atoms with Crippen molar-refractivity contribution >= 4 is 10.0 Å². The van der Waals surface area contributed by atoms with Crippen molar-refractivity contribution in [2.24, 2.45) is 0 Å². The van der Waals surface area contributed by atoms with E-state index in [-0.39, 0.29) is 17.2 Å². The number of aryl methyl sites for hydroxylation is 2. The number of nitriles is 1. The van der Waals surface area contributed by atoms with Gasteiger partial charge in [0.05, 0.1) is 6.07 Å². The third-order valence-electron chi connectivity index (χ3n) is 1.99. The Labute approximate surface area is 94.3 Å². The number of sulfonamides is 1. The molecule has 6 nitrogen and oxygen atoms in total. The molecule has 1 N–H and O–H groups in total. The van der Waals surface area contributed by atoms with Crippen LogP contribution in [-0.2, 0) is 10.0 Å². The Bertz CT molecular complexity index is 479. The highest BCUT2D eigenvalue weighted by Crippen LogP contribution is 2.18. The Balaban J connectivity index is 2.76. The van der Waals surface area contributed by atoms with Gasteiger partial charge in [-0.15, -0.1) is 0 Å². The minimum atomic E-state index is -3.57. The molecule has 0 aliphatic heterocycles. The molecule has 16 heavy (non-hydrogen) atoms. The Hall–Kier alpha value is -1.39. The predicted octanol–water partition coefficient (Wildman–Crippen LogP) is 0.874. The van der Waals surface area contributed by atoms with E-state index < -0.39 is 10.0 Å². The molecule has 0 spiro atoms. The van der Waals surface area contributed by atoms with Crippen LogP contribution in [0.2, 0.25) is 0 Å². The van der Waals surface area contributed by atoms with E-state index in [9.17, 15) is 8.42 Å². The summed E-state index contributed by atoms with van der Waals surface area (Å²) in [6.07, 6.45) is 0.809. The van der Waals surface area contributed by atoms with Gasteiger partial charge in [-0.1, -0.05) is 5.16 Å². The van der Waals surface area contributed by atoms with Crippen LogP contribution >= 0.6 is 0 Å². The van der Waals surface area contributed by atoms with Crippen molar-refractivity contribution < 1.29 is 12.9 Å². The predicted molar refractivity (Wildman–Crippen MR) is 56.0 cm³/mol. The van der Waals surface area contributed by atoms with Crippen molar-refractivity contribution in [1.29, 1.82) is 5.26 Å². The van der Waals surface area contributed by atoms with Gasteiger partial charge in [0.2, 0.25) is 10.0 Å². The fourth-order valence-corrected chi connectivity index (χ4v) is 2.70. The zero-order chi connectivity index (χ0) is 12.2. The van der Waals surface area contributed by atoms with Crippen LogP contribution in [0.4, 0.5) is 0 Å². The van der Waals surface area contributed by atoms with Crippen molar-refractivity contribution in [2.45, 2.75) is 31.6 Å². The fraction of sp³-hybridized carbons (Fsp3) is 0.556. The van der Waals surface area contributed by atoms with Crippen LogP contribution in [0.5, 0.6) is 0 Å². The van der Waals surface area contributed by atoms with Gasteiger partial charge < -0.3 is 4.52 Å². The molecule has 0 amide bonds. The Morgan fingerprint density at radius 2 is 2.19 bits per heavy atom. The highest BCUT2D eigenvalue weighted by Gasteiger charge is 2.23. The molecule has 7 heteroatoms. The van der Waals surface area contributed by atoms with Crippen LogP contribution < -0.4 is 4.72 Å². The molecule has 0 unspecified atom stereocenters. The summed E-state index contributed by atoms with van der Waals surface area (Å²) in [5.74, 6) is 0.269. The van der Waals surface area contributed by atoms with Crippen LogP contribution in [0.1, 0.15) is 24.3 Å². The number of unbranched alkanes of at least 4 members (excludes halogenated alkanes) is 1. The molecule has 0 aromatic carbocycles. The second-order valence-corrected chi connectivity index (χ2v) is 5.02. The summed E-state index contributed by atoms with van der Waals surface area (Å²) in [5, 5.41) is 11.9. The van der Waals surface area contributed by atoms with Crippen molar-refractivity contribution in [3.8, 4) is 6.07 Å². The summed E-state index contributed by atoms with van der Waals surface area (Å²) in [4.78, 5) is 0.0875. The quantitative estimate of drug-likeness (QED) is 0.774. The van der Waals surface area contributed by atoms with Crippen molar-refractivity contribution in [1.82, 2.24) is 9.88 Å². The van der Waals surface area contributed by atoms with E-state index in [1.54, 1.807) is 13.8 Å². The number of rotatable bonds is 5. The Morgan fingerprint density at radius 1 is 1.50 bits per heavy atom. The van der Waals surface area contributed by atoms with E-state index in [0.29, 0.717) is 18.5 Å². The van der Waals surface area contributed by atoms with Gasteiger partial charge in [-0.05, 0) is 20.3 Å². The van der Waals surface area contributed by atoms with E-state index in [0.717, 1.165) is 0 Å². The summed E-state index contributed by atoms with van der Waals surface area (Å²) < 4.78 is 30.8. The smallest absolute Gasteiger partial charge is 0.245 e. The maximum Gasteiger partial charge on any atom is 0.245 e. The number of hydrogen-bond donors (Lipinski definition) is 1. The van der Waals surface area contributed by atoms with Gasteiger partial charge >= 0.3 is 0 Å². The van der Waals surface area contributed by atoms with E-state index in [1.165, 1.54) is 0 Å². The maximum absolute atomic E-state index is 11.8. The molecule has 0 saturated heterocycles. The van der Waals surface area contributed by atoms with Crippen LogP contribution in [0.3, 0.4) is 0 Å². The molecule has 1 aromatic rings. The molecule has 88 valence electrons. The maximum atomic E-state index is 11.8. The molecular formula is C9H13N3O3S. The van der Waals surface area contributed by atoms with E-state index >= 15 is 0 Å². The third kappa shape index (κ3) is 2.81. The van der Waals surface area contributed by atoms with Gasteiger partial charge in [-0.2, -0.15) is 5.26 Å². The van der Waals surface area contributed by atoms with Gasteiger partial charge in [0.1, 0.15) is 10.6 Å². The number of hydrogen-bond acceptors (Lipinski definition) is 5. The minimum absolute atomic E-state index is 0.0875. The molecule has 0 saturated carbocycles. The standard InChI is InChI=1S/C9H13N3O3S/c1-7-9(8(2)15-12-7)16(13,14)11-6-4-3-5-10/h11H,3-4,6H2,1-2H3. The first-order valence-electron chi connectivity index (χ1n) is 4.78. The summed E-state index contributed by atoms with van der Waals surface area (Å²) in [5.41, 5.74) is 0.338. The molecule has 0 fully saturated rings. The van der Waals surface area contributed by atoms with Crippen LogP contribution in [0.25, 0.3) is 0 Å². The van der Waals surface area contributed by atoms with Crippen molar-refractivity contribution in [2.75, 3.05) is 6.54 Å². The zero-order valence-corrected chi connectivity index (χ0v) is 9.97. The fourth-order valence-electron chi connectivity index (χ4n) is 1.30. The molecule has 1 rings (SSSR count). The molecule has 0 aliphatic rings. The number of aromatic nitrogens is 1. The van der Waals surface area contributed by atoms with Gasteiger partial charge in [0.15, 0.2) is 5.76 Å².